The van der Waals surface area contributed by atoms with Gasteiger partial charge in [0.1, 0.15) is 5.75 Å². The molecule has 0 saturated carbocycles. The molecule has 0 spiro atoms. The van der Waals surface area contributed by atoms with Crippen LogP contribution in [0.4, 0.5) is 5.69 Å². The Morgan fingerprint density at radius 1 is 1.00 bits per heavy atom. The van der Waals surface area contributed by atoms with Crippen LogP contribution in [0.15, 0.2) is 60.8 Å². The number of rotatable bonds is 6. The molecule has 0 unspecified atom stereocenters. The lowest BCUT2D eigenvalue weighted by molar-refractivity contribution is -0.115. The first-order valence-corrected chi connectivity index (χ1v) is 9.29. The highest BCUT2D eigenvalue weighted by atomic mass is 16.3. The van der Waals surface area contributed by atoms with E-state index < -0.39 is 0 Å². The minimum absolute atomic E-state index is 0.140. The van der Waals surface area contributed by atoms with Crippen molar-refractivity contribution < 1.29 is 14.7 Å². The van der Waals surface area contributed by atoms with Gasteiger partial charge in [-0.3, -0.25) is 14.6 Å². The average molecular weight is 389 g/mol. The molecular formula is C23H23N3O3. The fourth-order valence-corrected chi connectivity index (χ4v) is 2.91. The summed E-state index contributed by atoms with van der Waals surface area (Å²) in [4.78, 5) is 29.0. The van der Waals surface area contributed by atoms with Crippen LogP contribution in [0, 0.1) is 13.8 Å². The van der Waals surface area contributed by atoms with Crippen molar-refractivity contribution in [2.24, 2.45) is 0 Å². The molecule has 148 valence electrons. The number of phenolic OH excluding ortho intramolecular Hbond substituents is 1. The zero-order valence-corrected chi connectivity index (χ0v) is 16.4. The highest BCUT2D eigenvalue weighted by Gasteiger charge is 2.11. The molecule has 3 aromatic rings. The lowest BCUT2D eigenvalue weighted by Gasteiger charge is -2.11. The Bertz CT molecular complexity index is 1030. The first-order chi connectivity index (χ1) is 13.9. The zero-order chi connectivity index (χ0) is 20.8. The third-order valence-corrected chi connectivity index (χ3v) is 4.53. The second kappa shape index (κ2) is 9.01. The first-order valence-electron chi connectivity index (χ1n) is 9.29. The van der Waals surface area contributed by atoms with Crippen molar-refractivity contribution in [2.45, 2.75) is 26.8 Å². The van der Waals surface area contributed by atoms with Gasteiger partial charge in [0.2, 0.25) is 5.91 Å². The molecule has 0 saturated heterocycles. The van der Waals surface area contributed by atoms with Gasteiger partial charge in [-0.25, -0.2) is 0 Å². The van der Waals surface area contributed by atoms with E-state index in [1.165, 1.54) is 0 Å². The maximum atomic E-state index is 12.4. The molecule has 3 rings (SSSR count). The van der Waals surface area contributed by atoms with Gasteiger partial charge in [0.05, 0.1) is 18.7 Å². The van der Waals surface area contributed by atoms with Crippen molar-refractivity contribution in [1.82, 2.24) is 10.3 Å². The molecule has 0 atom stereocenters. The molecule has 6 heteroatoms. The minimum Gasteiger partial charge on any atom is -0.508 e. The number of pyridine rings is 1. The molecule has 1 heterocycles. The summed E-state index contributed by atoms with van der Waals surface area (Å²) in [6.45, 7) is 3.93. The van der Waals surface area contributed by atoms with Crippen molar-refractivity contribution in [2.75, 3.05) is 5.32 Å². The van der Waals surface area contributed by atoms with Crippen LogP contribution < -0.4 is 10.6 Å². The molecule has 2 aromatic carbocycles. The lowest BCUT2D eigenvalue weighted by atomic mass is 10.1. The Balaban J connectivity index is 1.62. The highest BCUT2D eigenvalue weighted by molar-refractivity contribution is 5.96. The summed E-state index contributed by atoms with van der Waals surface area (Å²) in [5.41, 5.74) is 4.14. The Labute approximate surface area is 169 Å². The predicted molar refractivity (Wildman–Crippen MR) is 112 cm³/mol. The van der Waals surface area contributed by atoms with Crippen LogP contribution in [-0.4, -0.2) is 21.9 Å². The normalized spacial score (nSPS) is 10.4. The smallest absolute Gasteiger partial charge is 0.251 e. The number of carbonyl (C=O) groups excluding carboxylic acids is 2. The number of hydrogen-bond donors (Lipinski definition) is 3. The van der Waals surface area contributed by atoms with Gasteiger partial charge in [0.25, 0.3) is 5.91 Å². The summed E-state index contributed by atoms with van der Waals surface area (Å²) in [5, 5.41) is 15.4. The van der Waals surface area contributed by atoms with Gasteiger partial charge in [-0.05, 0) is 66.9 Å². The fraction of sp³-hybridized carbons (Fsp3) is 0.174. The van der Waals surface area contributed by atoms with Crippen molar-refractivity contribution >= 4 is 17.5 Å². The Morgan fingerprint density at radius 2 is 1.83 bits per heavy atom. The number of nitrogens with zero attached hydrogens (tertiary/aromatic N) is 1. The molecule has 0 radical (unpaired) electrons. The van der Waals surface area contributed by atoms with Crippen molar-refractivity contribution in [3.8, 4) is 5.75 Å². The van der Waals surface area contributed by atoms with E-state index in [1.807, 2.05) is 31.2 Å². The first kappa shape index (κ1) is 20.1. The lowest BCUT2D eigenvalue weighted by Crippen LogP contribution is -2.23. The van der Waals surface area contributed by atoms with Gasteiger partial charge >= 0.3 is 0 Å². The molecule has 0 fully saturated rings. The molecular weight excluding hydrogens is 366 g/mol. The fourth-order valence-electron chi connectivity index (χ4n) is 2.91. The second-order valence-corrected chi connectivity index (χ2v) is 6.88. The molecule has 2 amide bonds. The van der Waals surface area contributed by atoms with E-state index in [0.29, 0.717) is 23.4 Å². The van der Waals surface area contributed by atoms with E-state index in [1.54, 1.807) is 43.5 Å². The summed E-state index contributed by atoms with van der Waals surface area (Å²) in [7, 11) is 0. The zero-order valence-electron chi connectivity index (χ0n) is 16.4. The van der Waals surface area contributed by atoms with Crippen LogP contribution in [0.1, 0.15) is 32.7 Å². The maximum absolute atomic E-state index is 12.4. The quantitative estimate of drug-likeness (QED) is 0.563. The number of benzene rings is 2. The summed E-state index contributed by atoms with van der Waals surface area (Å²) < 4.78 is 0. The van der Waals surface area contributed by atoms with Gasteiger partial charge in [-0.1, -0.05) is 18.2 Å². The third kappa shape index (κ3) is 5.42. The number of carbonyl (C=O) groups is 2. The number of phenols is 1. The standard InChI is InChI=1S/C23H23N3O3/c1-15-11-21(27)16(2)10-20(15)26-22(28)13-17-6-5-7-18(12-17)23(29)25-14-19-8-3-4-9-24-19/h3-12,27H,13-14H2,1-2H3,(H,25,29)(H,26,28). The van der Waals surface area contributed by atoms with E-state index in [-0.39, 0.29) is 24.0 Å². The van der Waals surface area contributed by atoms with E-state index in [4.69, 9.17) is 0 Å². The van der Waals surface area contributed by atoms with E-state index in [2.05, 4.69) is 15.6 Å². The van der Waals surface area contributed by atoms with Gasteiger partial charge in [-0.2, -0.15) is 0 Å². The predicted octanol–water partition coefficient (Wildman–Crippen LogP) is 3.52. The average Bonchev–Trinajstić information content (AvgIpc) is 2.71. The van der Waals surface area contributed by atoms with Crippen LogP contribution in [0.25, 0.3) is 0 Å². The monoisotopic (exact) mass is 389 g/mol. The summed E-state index contributed by atoms with van der Waals surface area (Å²) in [5.74, 6) is -0.211. The van der Waals surface area contributed by atoms with Crippen LogP contribution in [-0.2, 0) is 17.8 Å². The third-order valence-electron chi connectivity index (χ3n) is 4.53. The molecule has 1 aromatic heterocycles. The number of aryl methyl sites for hydroxylation is 2. The van der Waals surface area contributed by atoms with Crippen LogP contribution >= 0.6 is 0 Å². The van der Waals surface area contributed by atoms with Gasteiger partial charge < -0.3 is 15.7 Å². The number of nitrogens with one attached hydrogen (secondary N) is 2. The highest BCUT2D eigenvalue weighted by Crippen LogP contribution is 2.25. The summed E-state index contributed by atoms with van der Waals surface area (Å²) >= 11 is 0. The Hall–Kier alpha value is -3.67. The van der Waals surface area contributed by atoms with Gasteiger partial charge in [0, 0.05) is 17.4 Å². The Morgan fingerprint density at radius 3 is 2.59 bits per heavy atom. The summed E-state index contributed by atoms with van der Waals surface area (Å²) in [6.07, 6.45) is 1.82. The van der Waals surface area contributed by atoms with Crippen LogP contribution in [0.2, 0.25) is 0 Å². The second-order valence-electron chi connectivity index (χ2n) is 6.88. The number of anilines is 1. The molecule has 29 heavy (non-hydrogen) atoms. The Kier molecular flexibility index (Phi) is 6.24. The van der Waals surface area contributed by atoms with Crippen molar-refractivity contribution in [3.05, 3.63) is 88.7 Å². The number of hydrogen-bond acceptors (Lipinski definition) is 4. The number of aromatic nitrogens is 1. The molecule has 0 bridgehead atoms. The van der Waals surface area contributed by atoms with Gasteiger partial charge in [0.15, 0.2) is 0 Å². The largest absolute Gasteiger partial charge is 0.508 e. The molecule has 3 N–H and O–H groups in total. The van der Waals surface area contributed by atoms with E-state index in [9.17, 15) is 14.7 Å². The van der Waals surface area contributed by atoms with E-state index in [0.717, 1.165) is 16.8 Å². The van der Waals surface area contributed by atoms with Gasteiger partial charge in [-0.15, -0.1) is 0 Å². The molecule has 0 aliphatic heterocycles. The SMILES string of the molecule is Cc1cc(NC(=O)Cc2cccc(C(=O)NCc3ccccn3)c2)c(C)cc1O. The van der Waals surface area contributed by atoms with Crippen LogP contribution in [0.5, 0.6) is 5.75 Å². The van der Waals surface area contributed by atoms with Crippen LogP contribution in [0.3, 0.4) is 0 Å². The molecule has 0 aliphatic rings. The summed E-state index contributed by atoms with van der Waals surface area (Å²) in [6, 6.07) is 15.9. The maximum Gasteiger partial charge on any atom is 0.251 e. The van der Waals surface area contributed by atoms with E-state index >= 15 is 0 Å². The molecule has 0 aliphatic carbocycles. The van der Waals surface area contributed by atoms with Crippen molar-refractivity contribution in [1.29, 1.82) is 0 Å². The minimum atomic E-state index is -0.220. The number of aromatic hydroxyl groups is 1. The topological polar surface area (TPSA) is 91.3 Å². The number of amides is 2. The molecule has 6 nitrogen and oxygen atoms in total. The van der Waals surface area contributed by atoms with Crippen molar-refractivity contribution in [3.63, 3.8) is 0 Å².